The number of methoxy groups -OCH3 is 3. The summed E-state index contributed by atoms with van der Waals surface area (Å²) in [7, 11) is 9.18. The van der Waals surface area contributed by atoms with Gasteiger partial charge in [-0.05, 0) is 96.7 Å². The van der Waals surface area contributed by atoms with Crippen LogP contribution in [0.2, 0.25) is 0 Å². The Morgan fingerprint density at radius 1 is 0.881 bits per heavy atom. The van der Waals surface area contributed by atoms with Crippen molar-refractivity contribution in [2.75, 3.05) is 35.4 Å². The fraction of sp³-hybridized carbons (Fsp3) is 0.848. The van der Waals surface area contributed by atoms with Crippen molar-refractivity contribution in [2.45, 2.75) is 191 Å². The number of allylic oxidation sites excluding steroid dienone is 2. The van der Waals surface area contributed by atoms with Gasteiger partial charge in [0, 0.05) is 61.3 Å². The van der Waals surface area contributed by atoms with Gasteiger partial charge in [0.25, 0.3) is 0 Å². The fourth-order valence-electron chi connectivity index (χ4n) is 11.4. The molecule has 3 unspecified atom stereocenters. The number of fused-ring (bicyclic) bond motifs is 8. The summed E-state index contributed by atoms with van der Waals surface area (Å²) in [5.41, 5.74) is 1.61. The van der Waals surface area contributed by atoms with Crippen LogP contribution >= 0.6 is 11.3 Å². The van der Waals surface area contributed by atoms with E-state index in [4.69, 9.17) is 42.9 Å². The Morgan fingerprint density at radius 3 is 2.25 bits per heavy atom. The van der Waals surface area contributed by atoms with E-state index in [1.807, 2.05) is 13.8 Å². The number of thiazole rings is 1. The van der Waals surface area contributed by atoms with Crippen molar-refractivity contribution in [3.63, 3.8) is 0 Å². The number of hydrogen-bond donors (Lipinski definition) is 0. The van der Waals surface area contributed by atoms with Crippen LogP contribution in [-0.2, 0) is 52.9 Å². The van der Waals surface area contributed by atoms with Crippen LogP contribution in [0.4, 0.5) is 0 Å². The lowest BCUT2D eigenvalue weighted by atomic mass is 9.67. The zero-order valence-electron chi connectivity index (χ0n) is 37.6. The van der Waals surface area contributed by atoms with Gasteiger partial charge in [0.15, 0.2) is 18.4 Å². The number of aromatic nitrogens is 1. The van der Waals surface area contributed by atoms with E-state index in [0.29, 0.717) is 12.5 Å². The number of carbonyl (C=O) groups is 2. The first-order valence-electron chi connectivity index (χ1n) is 22.4. The van der Waals surface area contributed by atoms with Crippen LogP contribution < -0.4 is 0 Å². The molecular weight excluding hydrogens is 773 g/mol. The van der Waals surface area contributed by atoms with Gasteiger partial charge in [0.05, 0.1) is 41.5 Å². The van der Waals surface area contributed by atoms with Gasteiger partial charge in [-0.2, -0.15) is 0 Å². The first-order chi connectivity index (χ1) is 28.1. The van der Waals surface area contributed by atoms with Crippen LogP contribution in [0.1, 0.15) is 134 Å². The summed E-state index contributed by atoms with van der Waals surface area (Å²) in [5.74, 6) is -0.687. The second kappa shape index (κ2) is 18.5. The number of hydrogen-bond acceptors (Lipinski definition) is 13. The number of likely N-dealkylation sites (N-methyl/N-ethyl adjacent to an activating group) is 1. The lowest BCUT2D eigenvalue weighted by molar-refractivity contribution is -0.314. The van der Waals surface area contributed by atoms with Crippen molar-refractivity contribution in [3.8, 4) is 0 Å². The van der Waals surface area contributed by atoms with E-state index in [9.17, 15) is 4.79 Å². The molecule has 0 amide bonds. The molecule has 6 aliphatic rings. The zero-order valence-corrected chi connectivity index (χ0v) is 38.5. The third-order valence-electron chi connectivity index (χ3n) is 14.5. The minimum atomic E-state index is -0.638. The Balaban J connectivity index is 1.22. The number of ketones is 1. The van der Waals surface area contributed by atoms with Crippen LogP contribution in [0.25, 0.3) is 0 Å². The van der Waals surface area contributed by atoms with E-state index in [2.05, 4.69) is 59.7 Å². The highest BCUT2D eigenvalue weighted by atomic mass is 32.1. The number of ether oxygens (including phenoxy) is 8. The lowest BCUT2D eigenvalue weighted by Gasteiger charge is -2.44. The third kappa shape index (κ3) is 9.03. The van der Waals surface area contributed by atoms with Crippen LogP contribution in [-0.4, -0.2) is 125 Å². The molecule has 0 spiro atoms. The highest BCUT2D eigenvalue weighted by Gasteiger charge is 2.57. The molecule has 7 rings (SSSR count). The van der Waals surface area contributed by atoms with E-state index < -0.39 is 18.3 Å². The molecule has 0 radical (unpaired) electrons. The van der Waals surface area contributed by atoms with Crippen molar-refractivity contribution in [2.24, 2.45) is 23.7 Å². The molecule has 332 valence electrons. The Kier molecular flexibility index (Phi) is 14.2. The predicted octanol–water partition coefficient (Wildman–Crippen LogP) is 7.32. The number of rotatable bonds is 9. The van der Waals surface area contributed by atoms with E-state index in [0.717, 1.165) is 61.2 Å². The topological polar surface area (TPSA) is 124 Å². The van der Waals surface area contributed by atoms with E-state index in [-0.39, 0.29) is 102 Å². The SMILES string of the molecule is CC[C@H]1CCC[C@H](O[C@H]2CC[C@H](N(C)C)C(C)O2)[C@@H](C)C(=O)C2=C[C@H]3[C@@H]4C[C@H](O[C@@H]5OC(C)[C@H](OC)C(OC)[C@@H]5OC)C[C@H]4c4sc(C(C)(C)C)nc4[C@H]3[C@@H]2CC(=O)O1. The van der Waals surface area contributed by atoms with Crippen molar-refractivity contribution in [1.82, 2.24) is 9.88 Å². The predicted molar refractivity (Wildman–Crippen MR) is 224 cm³/mol. The molecule has 0 bridgehead atoms. The molecule has 59 heavy (non-hydrogen) atoms. The van der Waals surface area contributed by atoms with Gasteiger partial charge in [-0.25, -0.2) is 4.98 Å². The molecular formula is C46H72N2O10S. The molecule has 3 aliphatic heterocycles. The number of esters is 1. The summed E-state index contributed by atoms with van der Waals surface area (Å²) >= 11 is 1.80. The molecule has 17 atom stereocenters. The van der Waals surface area contributed by atoms with Crippen molar-refractivity contribution in [1.29, 1.82) is 0 Å². The maximum absolute atomic E-state index is 15.1. The van der Waals surface area contributed by atoms with Gasteiger partial charge in [-0.1, -0.05) is 40.7 Å². The minimum absolute atomic E-state index is 0.00551. The molecule has 3 aliphatic carbocycles. The van der Waals surface area contributed by atoms with Crippen molar-refractivity contribution in [3.05, 3.63) is 27.2 Å². The summed E-state index contributed by atoms with van der Waals surface area (Å²) in [6.45, 7) is 14.8. The Morgan fingerprint density at radius 2 is 1.61 bits per heavy atom. The van der Waals surface area contributed by atoms with Crippen molar-refractivity contribution >= 4 is 23.1 Å². The summed E-state index contributed by atoms with van der Waals surface area (Å²) in [5, 5.41) is 1.07. The van der Waals surface area contributed by atoms with Crippen LogP contribution in [0.3, 0.4) is 0 Å². The van der Waals surface area contributed by atoms with E-state index >= 15 is 4.79 Å². The summed E-state index contributed by atoms with van der Waals surface area (Å²) < 4.78 is 50.5. The smallest absolute Gasteiger partial charge is 0.306 e. The molecule has 12 nitrogen and oxygen atoms in total. The molecule has 13 heteroatoms. The van der Waals surface area contributed by atoms with Gasteiger partial charge in [0.1, 0.15) is 24.4 Å². The second-order valence-electron chi connectivity index (χ2n) is 19.5. The van der Waals surface area contributed by atoms with Gasteiger partial charge < -0.3 is 42.8 Å². The number of nitrogens with zero attached hydrogens (tertiary/aromatic N) is 2. The molecule has 4 heterocycles. The molecule has 1 saturated carbocycles. The van der Waals surface area contributed by atoms with Gasteiger partial charge >= 0.3 is 5.97 Å². The molecule has 1 aromatic rings. The highest BCUT2D eigenvalue weighted by molar-refractivity contribution is 7.12. The fourth-order valence-corrected chi connectivity index (χ4v) is 12.8. The molecule has 0 aromatic carbocycles. The number of cyclic esters (lactones) is 1. The zero-order chi connectivity index (χ0) is 42.5. The van der Waals surface area contributed by atoms with Gasteiger partial charge in [0.2, 0.25) is 0 Å². The standard InChI is InChI=1S/C46H72N2O10S/c1-13-26-15-14-16-34(58-36-18-17-33(48(8)9)24(3)54-36)23(2)39(50)31-21-29-28-19-27(57-44-42(53-12)41(52-11)40(51-10)25(4)55-44)20-32(28)43-38(47-45(59-43)46(5,6)7)37(29)30(31)22-35(49)56-26/h21,23-30,32-34,36-37,40-42,44H,13-20,22H2,1-12H3/t23-,24?,25?,26+,27+,28+,29+,30-,32-,33+,34+,36+,37-,40+,41?,42+,44+/m1/s1. The molecule has 4 fully saturated rings. The van der Waals surface area contributed by atoms with E-state index in [1.165, 1.54) is 4.88 Å². The summed E-state index contributed by atoms with van der Waals surface area (Å²) in [4.78, 5) is 38.0. The van der Waals surface area contributed by atoms with Crippen LogP contribution in [0.15, 0.2) is 11.6 Å². The Bertz CT molecular complexity index is 1660. The first kappa shape index (κ1) is 45.2. The molecule has 3 saturated heterocycles. The monoisotopic (exact) mass is 844 g/mol. The normalized spacial score (nSPS) is 41.9. The average molecular weight is 845 g/mol. The maximum Gasteiger partial charge on any atom is 0.306 e. The third-order valence-corrected chi connectivity index (χ3v) is 16.2. The Hall–Kier alpha value is -1.81. The average Bonchev–Trinajstić information content (AvgIpc) is 3.91. The quantitative estimate of drug-likeness (QED) is 0.232. The van der Waals surface area contributed by atoms with Gasteiger partial charge in [-0.3, -0.25) is 9.59 Å². The summed E-state index contributed by atoms with van der Waals surface area (Å²) in [6, 6.07) is 0.322. The van der Waals surface area contributed by atoms with Crippen LogP contribution in [0, 0.1) is 23.7 Å². The highest BCUT2D eigenvalue weighted by Crippen LogP contribution is 2.63. The second-order valence-corrected chi connectivity index (χ2v) is 20.6. The lowest BCUT2D eigenvalue weighted by Crippen LogP contribution is -2.59. The maximum atomic E-state index is 15.1. The van der Waals surface area contributed by atoms with Gasteiger partial charge in [-0.15, -0.1) is 11.3 Å². The largest absolute Gasteiger partial charge is 0.462 e. The Labute approximate surface area is 356 Å². The van der Waals surface area contributed by atoms with E-state index in [1.54, 1.807) is 32.7 Å². The minimum Gasteiger partial charge on any atom is -0.462 e. The molecule has 0 N–H and O–H groups in total. The summed E-state index contributed by atoms with van der Waals surface area (Å²) in [6.07, 6.45) is 5.63. The van der Waals surface area contributed by atoms with Crippen molar-refractivity contribution < 1.29 is 47.5 Å². The molecule has 1 aromatic heterocycles. The number of carbonyl (C=O) groups excluding carboxylic acids is 2. The first-order valence-corrected chi connectivity index (χ1v) is 23.2. The number of Topliss-reactive ketones (excluding diaryl/α,β-unsaturated/α-hetero) is 1. The van der Waals surface area contributed by atoms with Crippen LogP contribution in [0.5, 0.6) is 0 Å².